The normalized spacial score (nSPS) is 16.2. The molecule has 1 aliphatic rings. The fourth-order valence-electron chi connectivity index (χ4n) is 2.51. The van der Waals surface area contributed by atoms with Crippen LogP contribution in [0.15, 0.2) is 6.07 Å². The molecule has 1 fully saturated rings. The largest absolute Gasteiger partial charge is 0.477 e. The lowest BCUT2D eigenvalue weighted by atomic mass is 10.1. The van der Waals surface area contributed by atoms with Crippen molar-refractivity contribution in [3.63, 3.8) is 0 Å². The number of benzene rings is 1. The van der Waals surface area contributed by atoms with Crippen LogP contribution >= 0.6 is 0 Å². The Balaban J connectivity index is 1.93. The van der Waals surface area contributed by atoms with E-state index in [0.29, 0.717) is 0 Å². The topological polar surface area (TPSA) is 38.3 Å². The molecule has 0 aliphatic heterocycles. The van der Waals surface area contributed by atoms with E-state index >= 15 is 0 Å². The zero-order chi connectivity index (χ0) is 16.1. The second kappa shape index (κ2) is 7.47. The lowest BCUT2D eigenvalue weighted by molar-refractivity contribution is -0.124. The van der Waals surface area contributed by atoms with Gasteiger partial charge in [-0.25, -0.2) is 8.78 Å². The molecule has 22 heavy (non-hydrogen) atoms. The molecule has 1 aromatic carbocycles. The third-order valence-corrected chi connectivity index (χ3v) is 3.64. The fourth-order valence-corrected chi connectivity index (χ4v) is 2.51. The highest BCUT2D eigenvalue weighted by Crippen LogP contribution is 2.26. The minimum absolute atomic E-state index is 0.00228. The zero-order valence-electron chi connectivity index (χ0n) is 11.9. The summed E-state index contributed by atoms with van der Waals surface area (Å²) in [5.74, 6) is -8.23. The van der Waals surface area contributed by atoms with E-state index in [1.165, 1.54) is 0 Å². The summed E-state index contributed by atoms with van der Waals surface area (Å²) >= 11 is 0. The quantitative estimate of drug-likeness (QED) is 0.524. The summed E-state index contributed by atoms with van der Waals surface area (Å²) in [5.41, 5.74) is 0. The van der Waals surface area contributed by atoms with Crippen molar-refractivity contribution in [2.45, 2.75) is 44.6 Å². The van der Waals surface area contributed by atoms with Crippen molar-refractivity contribution in [1.29, 1.82) is 0 Å². The first-order chi connectivity index (χ1) is 10.5. The lowest BCUT2D eigenvalue weighted by Gasteiger charge is -2.16. The molecule has 1 amide bonds. The summed E-state index contributed by atoms with van der Waals surface area (Å²) in [4.78, 5) is 11.7. The van der Waals surface area contributed by atoms with Crippen molar-refractivity contribution in [1.82, 2.24) is 5.32 Å². The van der Waals surface area contributed by atoms with Gasteiger partial charge in [0, 0.05) is 12.1 Å². The van der Waals surface area contributed by atoms with Crippen LogP contribution in [0, 0.1) is 23.3 Å². The predicted molar refractivity (Wildman–Crippen MR) is 71.4 cm³/mol. The van der Waals surface area contributed by atoms with Crippen molar-refractivity contribution >= 4 is 5.91 Å². The van der Waals surface area contributed by atoms with Gasteiger partial charge in [-0.2, -0.15) is 8.78 Å². The molecule has 2 rings (SSSR count). The fraction of sp³-hybridized carbons (Fsp3) is 0.533. The summed E-state index contributed by atoms with van der Waals surface area (Å²) in [7, 11) is 0. The number of carbonyl (C=O) groups is 1. The smallest absolute Gasteiger partial charge is 0.258 e. The van der Waals surface area contributed by atoms with Crippen LogP contribution in [0.2, 0.25) is 0 Å². The van der Waals surface area contributed by atoms with Gasteiger partial charge < -0.3 is 10.1 Å². The van der Waals surface area contributed by atoms with Gasteiger partial charge in [-0.05, 0) is 12.8 Å². The summed E-state index contributed by atoms with van der Waals surface area (Å²) < 4.78 is 57.4. The summed E-state index contributed by atoms with van der Waals surface area (Å²) in [6.45, 7) is -0.701. The third-order valence-electron chi connectivity index (χ3n) is 3.64. The van der Waals surface area contributed by atoms with E-state index in [1.54, 1.807) is 0 Å². The van der Waals surface area contributed by atoms with Crippen LogP contribution in [-0.4, -0.2) is 18.6 Å². The average Bonchev–Trinajstić information content (AvgIpc) is 2.74. The van der Waals surface area contributed by atoms with Crippen molar-refractivity contribution in [2.75, 3.05) is 6.61 Å². The SMILES string of the molecule is O=C(COc1c(F)c(F)cc(F)c1F)NC1CCCCCC1. The first-order valence-electron chi connectivity index (χ1n) is 7.24. The zero-order valence-corrected chi connectivity index (χ0v) is 11.9. The molecule has 1 saturated carbocycles. The molecule has 0 unspecified atom stereocenters. The number of rotatable bonds is 4. The van der Waals surface area contributed by atoms with Gasteiger partial charge in [-0.3, -0.25) is 4.79 Å². The second-order valence-electron chi connectivity index (χ2n) is 5.34. The average molecular weight is 319 g/mol. The van der Waals surface area contributed by atoms with Crippen LogP contribution < -0.4 is 10.1 Å². The van der Waals surface area contributed by atoms with Crippen LogP contribution in [-0.2, 0) is 4.79 Å². The number of hydrogen-bond acceptors (Lipinski definition) is 2. The monoisotopic (exact) mass is 319 g/mol. The van der Waals surface area contributed by atoms with Gasteiger partial charge in [-0.15, -0.1) is 0 Å². The molecule has 0 spiro atoms. The molecule has 0 heterocycles. The minimum Gasteiger partial charge on any atom is -0.477 e. The first kappa shape index (κ1) is 16.6. The number of carbonyl (C=O) groups excluding carboxylic acids is 1. The molecule has 122 valence electrons. The molecule has 3 nitrogen and oxygen atoms in total. The van der Waals surface area contributed by atoms with Gasteiger partial charge in [0.05, 0.1) is 0 Å². The Bertz CT molecular complexity index is 517. The van der Waals surface area contributed by atoms with E-state index in [4.69, 9.17) is 0 Å². The Morgan fingerprint density at radius 3 is 2.14 bits per heavy atom. The van der Waals surface area contributed by atoms with Gasteiger partial charge in [0.15, 0.2) is 24.0 Å². The van der Waals surface area contributed by atoms with Crippen molar-refractivity contribution in [3.8, 4) is 5.75 Å². The summed E-state index contributed by atoms with van der Waals surface area (Å²) in [6.07, 6.45) is 5.91. The molecular weight excluding hydrogens is 302 g/mol. The molecule has 7 heteroatoms. The Kier molecular flexibility index (Phi) is 5.63. The third kappa shape index (κ3) is 4.11. The van der Waals surface area contributed by atoms with Gasteiger partial charge >= 0.3 is 0 Å². The molecule has 0 atom stereocenters. The first-order valence-corrected chi connectivity index (χ1v) is 7.24. The van der Waals surface area contributed by atoms with Crippen LogP contribution in [0.5, 0.6) is 5.75 Å². The van der Waals surface area contributed by atoms with Crippen molar-refractivity contribution in [3.05, 3.63) is 29.3 Å². The number of halogens is 4. The number of ether oxygens (including phenoxy) is 1. The molecule has 0 aromatic heterocycles. The van der Waals surface area contributed by atoms with E-state index in [-0.39, 0.29) is 12.1 Å². The Morgan fingerprint density at radius 2 is 1.59 bits per heavy atom. The molecule has 1 aliphatic carbocycles. The molecule has 0 saturated heterocycles. The van der Waals surface area contributed by atoms with E-state index < -0.39 is 41.5 Å². The Hall–Kier alpha value is -1.79. The van der Waals surface area contributed by atoms with E-state index in [9.17, 15) is 22.4 Å². The number of amides is 1. The molecule has 1 N–H and O–H groups in total. The molecule has 0 radical (unpaired) electrons. The number of hydrogen-bond donors (Lipinski definition) is 1. The standard InChI is InChI=1S/C15H17F4NO2/c16-10-7-11(17)14(19)15(13(10)18)22-8-12(21)20-9-5-3-1-2-4-6-9/h7,9H,1-6,8H2,(H,20,21). The van der Waals surface area contributed by atoms with E-state index in [1.807, 2.05) is 0 Å². The van der Waals surface area contributed by atoms with Gasteiger partial charge in [0.2, 0.25) is 11.6 Å². The Morgan fingerprint density at radius 1 is 1.05 bits per heavy atom. The van der Waals surface area contributed by atoms with Crippen molar-refractivity contribution < 1.29 is 27.1 Å². The molecule has 0 bridgehead atoms. The van der Waals surface area contributed by atoms with Gasteiger partial charge in [0.25, 0.3) is 5.91 Å². The minimum atomic E-state index is -1.65. The lowest BCUT2D eigenvalue weighted by Crippen LogP contribution is -2.37. The maximum atomic E-state index is 13.4. The highest BCUT2D eigenvalue weighted by molar-refractivity contribution is 5.77. The van der Waals surface area contributed by atoms with Gasteiger partial charge in [0.1, 0.15) is 0 Å². The number of nitrogens with one attached hydrogen (secondary N) is 1. The van der Waals surface area contributed by atoms with E-state index in [2.05, 4.69) is 10.1 Å². The van der Waals surface area contributed by atoms with Crippen LogP contribution in [0.1, 0.15) is 38.5 Å². The highest BCUT2D eigenvalue weighted by Gasteiger charge is 2.22. The van der Waals surface area contributed by atoms with Crippen LogP contribution in [0.3, 0.4) is 0 Å². The maximum absolute atomic E-state index is 13.4. The summed E-state index contributed by atoms with van der Waals surface area (Å²) in [5, 5.41) is 2.70. The highest BCUT2D eigenvalue weighted by atomic mass is 19.2. The van der Waals surface area contributed by atoms with E-state index in [0.717, 1.165) is 38.5 Å². The Labute approximate surface area is 125 Å². The predicted octanol–water partition coefficient (Wildman–Crippen LogP) is 3.46. The van der Waals surface area contributed by atoms with Crippen LogP contribution in [0.25, 0.3) is 0 Å². The second-order valence-corrected chi connectivity index (χ2v) is 5.34. The molecular formula is C15H17F4NO2. The molecule has 1 aromatic rings. The maximum Gasteiger partial charge on any atom is 0.258 e. The summed E-state index contributed by atoms with van der Waals surface area (Å²) in [6, 6.07) is 0.0842. The van der Waals surface area contributed by atoms with Crippen molar-refractivity contribution in [2.24, 2.45) is 0 Å². The van der Waals surface area contributed by atoms with Gasteiger partial charge in [-0.1, -0.05) is 25.7 Å². The van der Waals surface area contributed by atoms with Crippen LogP contribution in [0.4, 0.5) is 17.6 Å².